The zero-order valence-electron chi connectivity index (χ0n) is 22.9. The lowest BCUT2D eigenvalue weighted by atomic mass is 9.56. The molecule has 5 rings (SSSR count). The van der Waals surface area contributed by atoms with Crippen molar-refractivity contribution in [2.75, 3.05) is 31.1 Å². The van der Waals surface area contributed by atoms with Crippen LogP contribution in [0.4, 0.5) is 23.9 Å². The van der Waals surface area contributed by atoms with Crippen LogP contribution in [0.15, 0.2) is 12.4 Å². The number of hydrogen-bond acceptors (Lipinski definition) is 6. The van der Waals surface area contributed by atoms with Gasteiger partial charge in [0, 0.05) is 44.0 Å². The van der Waals surface area contributed by atoms with E-state index in [2.05, 4.69) is 9.97 Å². The number of alkyl halides is 3. The quantitative estimate of drug-likeness (QED) is 0.406. The molecule has 12 radical (unpaired) electrons. The van der Waals surface area contributed by atoms with Crippen molar-refractivity contribution in [1.29, 1.82) is 0 Å². The van der Waals surface area contributed by atoms with Gasteiger partial charge in [-0.15, -0.1) is 27.3 Å². The minimum Gasteiger partial charge on any atom is -0.446 e. The van der Waals surface area contributed by atoms with Crippen LogP contribution in [-0.2, 0) is 10.9 Å². The maximum Gasteiger partial charge on any atom is 0.419 e. The van der Waals surface area contributed by atoms with Crippen LogP contribution < -0.4 is 32.2 Å². The van der Waals surface area contributed by atoms with Crippen LogP contribution in [0.25, 0.3) is 0 Å². The van der Waals surface area contributed by atoms with Crippen LogP contribution in [0.3, 0.4) is 0 Å². The standard InChI is InChI=1S/C25H24B6F3N5O2/c1-11-7-37(22-35-5-13(6-36-22)25(32,33)34)8-12(2)39(11)23(40)41-14-3-24(4-14)9-38(10-24)21(31)15-16(26)18(28)20(30)19(29)17(15)27/h5-6,11-12,14,21H,3-4,7-10H2,1-2H3/t11-,12+,21?. The Labute approximate surface area is 245 Å². The molecule has 2 aromatic rings. The Hall–Kier alpha value is -2.49. The van der Waals surface area contributed by atoms with Crippen LogP contribution in [-0.4, -0.2) is 117 Å². The number of nitrogens with zero attached hydrogens (tertiary/aromatic N) is 5. The summed E-state index contributed by atoms with van der Waals surface area (Å²) in [5.74, 6) is -0.426. The van der Waals surface area contributed by atoms with Gasteiger partial charge in [-0.05, 0) is 32.6 Å². The van der Waals surface area contributed by atoms with Crippen LogP contribution >= 0.6 is 0 Å². The monoisotopic (exact) mass is 549 g/mol. The lowest BCUT2D eigenvalue weighted by Gasteiger charge is -2.60. The Bertz CT molecular complexity index is 1300. The number of rotatable bonds is 4. The largest absolute Gasteiger partial charge is 0.446 e. The van der Waals surface area contributed by atoms with Gasteiger partial charge in [0.05, 0.1) is 25.5 Å². The SMILES string of the molecule is [B]c1c([B])c([B])c(C([B])N2CC3(CC(OC(=O)N4[C@H](C)CN(c5ncc(C(F)(F)F)cn5)C[C@@H]4C)C3)C2)c([B])c1[B]. The second-order valence-corrected chi connectivity index (χ2v) is 11.5. The molecular formula is C25H24B6F3N5O2. The van der Waals surface area contributed by atoms with E-state index in [9.17, 15) is 18.0 Å². The number of piperazine rings is 1. The number of halogens is 3. The summed E-state index contributed by atoms with van der Waals surface area (Å²) in [5.41, 5.74) is 0.411. The smallest absolute Gasteiger partial charge is 0.419 e. The predicted octanol–water partition coefficient (Wildman–Crippen LogP) is -2.17. The number of hydrogen-bond donors (Lipinski definition) is 0. The molecule has 41 heavy (non-hydrogen) atoms. The summed E-state index contributed by atoms with van der Waals surface area (Å²) < 4.78 is 44.4. The van der Waals surface area contributed by atoms with Crippen LogP contribution in [0.5, 0.6) is 0 Å². The number of anilines is 1. The molecule has 3 aliphatic rings. The number of carbonyl (C=O) groups excluding carboxylic acids is 1. The first-order chi connectivity index (χ1) is 19.1. The molecule has 16 heteroatoms. The molecular weight excluding hydrogens is 524 g/mol. The van der Waals surface area contributed by atoms with Crippen molar-refractivity contribution >= 4 is 86.4 Å². The topological polar surface area (TPSA) is 61.8 Å². The van der Waals surface area contributed by atoms with Crippen LogP contribution in [0.1, 0.15) is 43.8 Å². The van der Waals surface area contributed by atoms with E-state index in [0.29, 0.717) is 44.6 Å². The maximum absolute atomic E-state index is 13.1. The molecule has 7 nitrogen and oxygen atoms in total. The van der Waals surface area contributed by atoms with Crippen molar-refractivity contribution in [3.8, 4) is 0 Å². The van der Waals surface area contributed by atoms with Gasteiger partial charge in [0.1, 0.15) is 45.3 Å². The summed E-state index contributed by atoms with van der Waals surface area (Å²) in [6.45, 7) is 5.77. The highest BCUT2D eigenvalue weighted by Gasteiger charge is 2.55. The third-order valence-corrected chi connectivity index (χ3v) is 8.47. The van der Waals surface area contributed by atoms with E-state index in [0.717, 1.165) is 12.4 Å². The molecule has 3 heterocycles. The lowest BCUT2D eigenvalue weighted by molar-refractivity contribution is -0.139. The van der Waals surface area contributed by atoms with Gasteiger partial charge in [-0.3, -0.25) is 4.90 Å². The molecule has 1 unspecified atom stereocenters. The van der Waals surface area contributed by atoms with Crippen molar-refractivity contribution < 1.29 is 22.7 Å². The van der Waals surface area contributed by atoms with Crippen LogP contribution in [0.2, 0.25) is 0 Å². The van der Waals surface area contributed by atoms with Crippen molar-refractivity contribution in [2.45, 2.75) is 57.0 Å². The molecule has 1 amide bonds. The number of amides is 1. The highest BCUT2D eigenvalue weighted by molar-refractivity contribution is 6.67. The summed E-state index contributed by atoms with van der Waals surface area (Å²) in [7, 11) is 36.6. The summed E-state index contributed by atoms with van der Waals surface area (Å²) in [6, 6.07) is -0.529. The number of ether oxygens (including phenoxy) is 1. The van der Waals surface area contributed by atoms with Gasteiger partial charge < -0.3 is 14.5 Å². The molecule has 3 fully saturated rings. The minimum atomic E-state index is -4.51. The Balaban J connectivity index is 1.13. The van der Waals surface area contributed by atoms with E-state index in [4.69, 9.17) is 51.8 Å². The number of benzene rings is 1. The molecule has 2 aliphatic heterocycles. The number of carbonyl (C=O) groups is 1. The Morgan fingerprint density at radius 1 is 0.951 bits per heavy atom. The average Bonchev–Trinajstić information content (AvgIpc) is 2.86. The van der Waals surface area contributed by atoms with Crippen molar-refractivity contribution in [2.24, 2.45) is 5.41 Å². The van der Waals surface area contributed by atoms with Gasteiger partial charge in [-0.1, -0.05) is 5.56 Å². The van der Waals surface area contributed by atoms with E-state index >= 15 is 0 Å². The highest BCUT2D eigenvalue weighted by atomic mass is 19.4. The van der Waals surface area contributed by atoms with Gasteiger partial charge in [-0.25, -0.2) is 14.8 Å². The number of aromatic nitrogens is 2. The molecule has 200 valence electrons. The second-order valence-electron chi connectivity index (χ2n) is 11.5. The molecule has 1 aromatic heterocycles. The van der Waals surface area contributed by atoms with Crippen molar-refractivity contribution in [1.82, 2.24) is 19.8 Å². The molecule has 0 N–H and O–H groups in total. The van der Waals surface area contributed by atoms with E-state index in [1.54, 1.807) is 9.80 Å². The molecule has 3 atom stereocenters. The lowest BCUT2D eigenvalue weighted by Crippen LogP contribution is -2.67. The van der Waals surface area contributed by atoms with Gasteiger partial charge in [0.25, 0.3) is 0 Å². The highest BCUT2D eigenvalue weighted by Crippen LogP contribution is 2.51. The molecule has 0 bridgehead atoms. The summed E-state index contributed by atoms with van der Waals surface area (Å²) >= 11 is 0. The summed E-state index contributed by atoms with van der Waals surface area (Å²) in [6.07, 6.45) is -2.23. The molecule has 1 aromatic carbocycles. The van der Waals surface area contributed by atoms with E-state index < -0.39 is 23.8 Å². The van der Waals surface area contributed by atoms with E-state index in [1.807, 2.05) is 18.7 Å². The summed E-state index contributed by atoms with van der Waals surface area (Å²) in [4.78, 5) is 26.3. The summed E-state index contributed by atoms with van der Waals surface area (Å²) in [5, 5.41) is 0. The van der Waals surface area contributed by atoms with Gasteiger partial charge in [0.2, 0.25) is 5.95 Å². The fourth-order valence-corrected chi connectivity index (χ4v) is 6.31. The first-order valence-corrected chi connectivity index (χ1v) is 13.3. The van der Waals surface area contributed by atoms with Crippen molar-refractivity contribution in [3.63, 3.8) is 0 Å². The van der Waals surface area contributed by atoms with Gasteiger partial charge in [-0.2, -0.15) is 13.2 Å². The molecule has 2 saturated heterocycles. The minimum absolute atomic E-state index is 0.0210. The average molecular weight is 548 g/mol. The zero-order chi connectivity index (χ0) is 30.0. The Morgan fingerprint density at radius 2 is 1.44 bits per heavy atom. The fourth-order valence-electron chi connectivity index (χ4n) is 6.31. The Morgan fingerprint density at radius 3 is 1.93 bits per heavy atom. The molecule has 1 saturated carbocycles. The van der Waals surface area contributed by atoms with Crippen molar-refractivity contribution in [3.05, 3.63) is 23.5 Å². The molecule has 1 aliphatic carbocycles. The second kappa shape index (κ2) is 10.7. The van der Waals surface area contributed by atoms with Gasteiger partial charge in [0.15, 0.2) is 0 Å². The van der Waals surface area contributed by atoms with E-state index in [1.165, 1.54) is 0 Å². The van der Waals surface area contributed by atoms with E-state index in [-0.39, 0.29) is 56.9 Å². The number of likely N-dealkylation sites (tertiary alicyclic amines) is 1. The Kier molecular flexibility index (Phi) is 7.79. The zero-order valence-corrected chi connectivity index (χ0v) is 22.9. The maximum atomic E-state index is 13.1. The molecule has 1 spiro atoms. The van der Waals surface area contributed by atoms with Crippen LogP contribution in [0, 0.1) is 5.41 Å². The first kappa shape index (κ1) is 30.0. The first-order valence-electron chi connectivity index (χ1n) is 13.3. The third kappa shape index (κ3) is 5.41. The normalized spacial score (nSPS) is 23.6. The third-order valence-electron chi connectivity index (χ3n) is 8.47. The fraction of sp³-hybridized carbons (Fsp3) is 0.560. The van der Waals surface area contributed by atoms with Gasteiger partial charge >= 0.3 is 12.3 Å². The predicted molar refractivity (Wildman–Crippen MR) is 155 cm³/mol.